The van der Waals surface area contributed by atoms with Crippen LogP contribution in [-0.2, 0) is 14.1 Å². The molecule has 1 N–H and O–H groups in total. The van der Waals surface area contributed by atoms with Crippen LogP contribution in [0.25, 0.3) is 0 Å². The highest BCUT2D eigenvalue weighted by atomic mass is 35.5. The summed E-state index contributed by atoms with van der Waals surface area (Å²) in [6.45, 7) is 0. The summed E-state index contributed by atoms with van der Waals surface area (Å²) in [7, 11) is 2.82. The molecular weight excluding hydrogens is 332 g/mol. The molecule has 1 aliphatic rings. The van der Waals surface area contributed by atoms with E-state index in [1.54, 1.807) is 24.3 Å². The summed E-state index contributed by atoms with van der Waals surface area (Å²) in [6.07, 6.45) is 0. The molecule has 122 valence electrons. The van der Waals surface area contributed by atoms with Crippen LogP contribution in [0.3, 0.4) is 0 Å². The number of nitrogens with zero attached hydrogens (tertiary/aromatic N) is 3. The third-order valence-corrected chi connectivity index (χ3v) is 4.36. The first-order valence-electron chi connectivity index (χ1n) is 7.08. The molecule has 0 spiro atoms. The van der Waals surface area contributed by atoms with Crippen LogP contribution in [0, 0.1) is 22.7 Å². The van der Waals surface area contributed by atoms with Gasteiger partial charge in [0.05, 0.1) is 11.6 Å². The Morgan fingerprint density at radius 1 is 1.29 bits per heavy atom. The summed E-state index contributed by atoms with van der Waals surface area (Å²) < 4.78 is 7.47. The van der Waals surface area contributed by atoms with Crippen molar-refractivity contribution in [2.45, 2.75) is 5.92 Å². The Morgan fingerprint density at radius 3 is 2.62 bits per heavy atom. The third-order valence-electron chi connectivity index (χ3n) is 4.12. The van der Waals surface area contributed by atoms with Gasteiger partial charge in [0.2, 0.25) is 11.8 Å². The van der Waals surface area contributed by atoms with Crippen molar-refractivity contribution in [3.8, 4) is 11.9 Å². The fraction of sp³-hybridized carbons (Fsp3) is 0.250. The number of aromatic nitrogens is 2. The summed E-state index contributed by atoms with van der Waals surface area (Å²) in [5, 5.41) is 17.9. The SMILES string of the molecule is Cn1c2c(c(=O)n(C)c1=O)C(c1cccc(Cl)c1)C(C#N)C(=N)O2. The first-order chi connectivity index (χ1) is 11.4. The monoisotopic (exact) mass is 344 g/mol. The van der Waals surface area contributed by atoms with Gasteiger partial charge in [-0.1, -0.05) is 23.7 Å². The number of ether oxygens (including phenoxy) is 1. The van der Waals surface area contributed by atoms with E-state index in [0.29, 0.717) is 10.6 Å². The lowest BCUT2D eigenvalue weighted by atomic mass is 9.80. The highest BCUT2D eigenvalue weighted by molar-refractivity contribution is 6.30. The summed E-state index contributed by atoms with van der Waals surface area (Å²) in [4.78, 5) is 24.8. The smallest absolute Gasteiger partial charge is 0.333 e. The number of rotatable bonds is 1. The highest BCUT2D eigenvalue weighted by Gasteiger charge is 2.41. The van der Waals surface area contributed by atoms with Crippen LogP contribution in [0.15, 0.2) is 33.9 Å². The Hall–Kier alpha value is -2.85. The lowest BCUT2D eigenvalue weighted by Crippen LogP contribution is -2.45. The van der Waals surface area contributed by atoms with Crippen molar-refractivity contribution in [1.82, 2.24) is 9.13 Å². The van der Waals surface area contributed by atoms with Gasteiger partial charge >= 0.3 is 5.69 Å². The molecule has 8 heteroatoms. The lowest BCUT2D eigenvalue weighted by molar-refractivity contribution is 0.395. The Labute approximate surface area is 141 Å². The van der Waals surface area contributed by atoms with Crippen molar-refractivity contribution in [2.75, 3.05) is 0 Å². The molecule has 2 aromatic rings. The standard InChI is InChI=1S/C16H13ClN4O3/c1-20-14(22)12-11(8-4-3-5-9(17)6-8)10(7-18)13(19)24-15(12)21(2)16(20)23/h3-6,10-11,19H,1-2H3. The van der Waals surface area contributed by atoms with Gasteiger partial charge in [0.1, 0.15) is 5.92 Å². The molecule has 0 saturated carbocycles. The Kier molecular flexibility index (Phi) is 3.78. The molecule has 24 heavy (non-hydrogen) atoms. The van der Waals surface area contributed by atoms with Gasteiger partial charge in [-0.3, -0.25) is 19.3 Å². The summed E-state index contributed by atoms with van der Waals surface area (Å²) in [6, 6.07) is 8.77. The van der Waals surface area contributed by atoms with E-state index in [0.717, 1.165) is 9.13 Å². The Morgan fingerprint density at radius 2 is 2.00 bits per heavy atom. The van der Waals surface area contributed by atoms with Crippen molar-refractivity contribution < 1.29 is 4.74 Å². The van der Waals surface area contributed by atoms with Gasteiger partial charge in [0.15, 0.2) is 0 Å². The van der Waals surface area contributed by atoms with Crippen LogP contribution >= 0.6 is 11.6 Å². The fourth-order valence-electron chi connectivity index (χ4n) is 2.92. The second-order valence-corrected chi connectivity index (χ2v) is 5.97. The maximum atomic E-state index is 12.7. The number of benzene rings is 1. The Balaban J connectivity index is 2.41. The van der Waals surface area contributed by atoms with Crippen molar-refractivity contribution in [3.05, 3.63) is 61.3 Å². The molecule has 2 atom stereocenters. The number of hydrogen-bond donors (Lipinski definition) is 1. The lowest BCUT2D eigenvalue weighted by Gasteiger charge is -2.30. The molecule has 0 amide bonds. The molecule has 7 nitrogen and oxygen atoms in total. The minimum absolute atomic E-state index is 0.00965. The minimum Gasteiger partial charge on any atom is -0.425 e. The van der Waals surface area contributed by atoms with E-state index in [4.69, 9.17) is 21.7 Å². The molecule has 2 heterocycles. The first-order valence-corrected chi connectivity index (χ1v) is 7.46. The van der Waals surface area contributed by atoms with Gasteiger partial charge in [-0.15, -0.1) is 0 Å². The number of nitriles is 1. The van der Waals surface area contributed by atoms with Crippen LogP contribution in [0.4, 0.5) is 0 Å². The third kappa shape index (κ3) is 2.23. The Bertz CT molecular complexity index is 1020. The van der Waals surface area contributed by atoms with Gasteiger partial charge < -0.3 is 4.74 Å². The summed E-state index contributed by atoms with van der Waals surface area (Å²) in [5.41, 5.74) is -0.332. The van der Waals surface area contributed by atoms with Gasteiger partial charge in [-0.25, -0.2) is 4.79 Å². The minimum atomic E-state index is -0.985. The predicted molar refractivity (Wildman–Crippen MR) is 87.7 cm³/mol. The fourth-order valence-corrected chi connectivity index (χ4v) is 3.12. The first kappa shape index (κ1) is 16.0. The average Bonchev–Trinajstić information content (AvgIpc) is 2.57. The van der Waals surface area contributed by atoms with Crippen molar-refractivity contribution >= 4 is 17.5 Å². The molecule has 2 unspecified atom stereocenters. The molecule has 0 fully saturated rings. The molecule has 1 aliphatic heterocycles. The zero-order valence-corrected chi connectivity index (χ0v) is 13.7. The quantitative estimate of drug-likeness (QED) is 0.844. The molecule has 0 saturated heterocycles. The number of hydrogen-bond acceptors (Lipinski definition) is 5. The molecule has 1 aromatic carbocycles. The predicted octanol–water partition coefficient (Wildman–Crippen LogP) is 1.38. The van der Waals surface area contributed by atoms with Crippen LogP contribution in [0.1, 0.15) is 17.0 Å². The van der Waals surface area contributed by atoms with E-state index in [1.165, 1.54) is 14.1 Å². The zero-order chi connectivity index (χ0) is 17.6. The van der Waals surface area contributed by atoms with E-state index in [9.17, 15) is 14.9 Å². The number of halogens is 1. The summed E-state index contributed by atoms with van der Waals surface area (Å²) in [5.74, 6) is -2.04. The van der Waals surface area contributed by atoms with E-state index >= 15 is 0 Å². The van der Waals surface area contributed by atoms with Gasteiger partial charge in [-0.05, 0) is 17.7 Å². The largest absolute Gasteiger partial charge is 0.425 e. The number of nitrogens with one attached hydrogen (secondary N) is 1. The van der Waals surface area contributed by atoms with E-state index in [-0.39, 0.29) is 17.3 Å². The van der Waals surface area contributed by atoms with Gasteiger partial charge in [0.25, 0.3) is 5.56 Å². The van der Waals surface area contributed by atoms with Crippen LogP contribution in [-0.4, -0.2) is 15.0 Å². The molecular formula is C16H13ClN4O3. The molecule has 1 aromatic heterocycles. The summed E-state index contributed by atoms with van der Waals surface area (Å²) >= 11 is 6.04. The van der Waals surface area contributed by atoms with Crippen molar-refractivity contribution in [1.29, 1.82) is 10.7 Å². The van der Waals surface area contributed by atoms with E-state index in [1.807, 2.05) is 6.07 Å². The van der Waals surface area contributed by atoms with Gasteiger partial charge in [0, 0.05) is 25.0 Å². The molecule has 3 rings (SSSR count). The maximum absolute atomic E-state index is 12.7. The molecule has 0 radical (unpaired) electrons. The maximum Gasteiger partial charge on any atom is 0.333 e. The normalized spacial score (nSPS) is 19.3. The van der Waals surface area contributed by atoms with Gasteiger partial charge in [-0.2, -0.15) is 5.26 Å². The topological polar surface area (TPSA) is 101 Å². The second kappa shape index (κ2) is 5.65. The second-order valence-electron chi connectivity index (χ2n) is 5.53. The number of fused-ring (bicyclic) bond motifs is 1. The molecule has 0 bridgehead atoms. The molecule has 0 aliphatic carbocycles. The zero-order valence-electron chi connectivity index (χ0n) is 12.9. The van der Waals surface area contributed by atoms with E-state index in [2.05, 4.69) is 0 Å². The van der Waals surface area contributed by atoms with Crippen LogP contribution < -0.4 is 16.0 Å². The van der Waals surface area contributed by atoms with Crippen molar-refractivity contribution in [3.63, 3.8) is 0 Å². The highest BCUT2D eigenvalue weighted by Crippen LogP contribution is 2.39. The average molecular weight is 345 g/mol. The van der Waals surface area contributed by atoms with E-state index < -0.39 is 23.1 Å². The van der Waals surface area contributed by atoms with Crippen LogP contribution in [0.2, 0.25) is 5.02 Å². The van der Waals surface area contributed by atoms with Crippen LogP contribution in [0.5, 0.6) is 5.88 Å². The van der Waals surface area contributed by atoms with Crippen molar-refractivity contribution in [2.24, 2.45) is 20.0 Å².